The van der Waals surface area contributed by atoms with Gasteiger partial charge in [0.25, 0.3) is 0 Å². The van der Waals surface area contributed by atoms with Gasteiger partial charge >= 0.3 is 5.97 Å². The average molecular weight is 442 g/mol. The van der Waals surface area contributed by atoms with Crippen molar-refractivity contribution >= 4 is 41.1 Å². The molecule has 0 radical (unpaired) electrons. The lowest BCUT2D eigenvalue weighted by Gasteiger charge is -2.09. The van der Waals surface area contributed by atoms with E-state index in [0.717, 1.165) is 5.56 Å². The van der Waals surface area contributed by atoms with Crippen LogP contribution in [0.2, 0.25) is 10.0 Å². The Morgan fingerprint density at radius 2 is 1.70 bits per heavy atom. The Morgan fingerprint density at radius 3 is 2.40 bits per heavy atom. The van der Waals surface area contributed by atoms with Gasteiger partial charge in [-0.1, -0.05) is 47.5 Å². The summed E-state index contributed by atoms with van der Waals surface area (Å²) in [5.41, 5.74) is 1.97. The van der Waals surface area contributed by atoms with E-state index in [1.165, 1.54) is 18.2 Å². The number of nitrogens with zero attached hydrogens (tertiary/aromatic N) is 1. The Balaban J connectivity index is 1.47. The van der Waals surface area contributed by atoms with E-state index in [1.807, 2.05) is 0 Å². The first kappa shape index (κ1) is 20.1. The van der Waals surface area contributed by atoms with Gasteiger partial charge in [-0.15, -0.1) is 0 Å². The highest BCUT2D eigenvalue weighted by molar-refractivity contribution is 6.35. The van der Waals surface area contributed by atoms with E-state index in [0.29, 0.717) is 26.9 Å². The van der Waals surface area contributed by atoms with E-state index in [9.17, 15) is 9.18 Å². The number of hydrogen-bond acceptors (Lipinski definition) is 4. The van der Waals surface area contributed by atoms with E-state index >= 15 is 0 Å². The summed E-state index contributed by atoms with van der Waals surface area (Å²) in [6.45, 7) is 0.229. The first-order valence-electron chi connectivity index (χ1n) is 8.94. The van der Waals surface area contributed by atoms with Crippen LogP contribution in [-0.2, 0) is 16.1 Å². The normalized spacial score (nSPS) is 14.6. The molecule has 3 aromatic rings. The van der Waals surface area contributed by atoms with Crippen LogP contribution < -0.4 is 4.74 Å². The molecule has 3 aromatic carbocycles. The maximum atomic E-state index is 13.4. The van der Waals surface area contributed by atoms with Gasteiger partial charge in [0.2, 0.25) is 5.90 Å². The number of aliphatic imine (C=N–C) groups is 1. The van der Waals surface area contributed by atoms with E-state index in [2.05, 4.69) is 4.99 Å². The zero-order valence-electron chi connectivity index (χ0n) is 15.4. The molecule has 30 heavy (non-hydrogen) atoms. The molecule has 0 spiro atoms. The first-order chi connectivity index (χ1) is 14.5. The molecule has 0 amide bonds. The number of halogens is 3. The zero-order valence-corrected chi connectivity index (χ0v) is 17.0. The minimum absolute atomic E-state index is 0.0716. The summed E-state index contributed by atoms with van der Waals surface area (Å²) in [6, 6.07) is 18.1. The third kappa shape index (κ3) is 4.53. The number of ether oxygens (including phenoxy) is 2. The molecule has 0 saturated heterocycles. The molecule has 4 nitrogen and oxygen atoms in total. The second kappa shape index (κ2) is 8.69. The fourth-order valence-corrected chi connectivity index (χ4v) is 3.30. The molecule has 0 fully saturated rings. The van der Waals surface area contributed by atoms with E-state index < -0.39 is 11.8 Å². The number of esters is 1. The number of cyclic esters (lactones) is 1. The summed E-state index contributed by atoms with van der Waals surface area (Å²) < 4.78 is 24.3. The molecule has 0 saturated carbocycles. The summed E-state index contributed by atoms with van der Waals surface area (Å²) in [6.07, 6.45) is 1.59. The summed E-state index contributed by atoms with van der Waals surface area (Å²) >= 11 is 12.3. The lowest BCUT2D eigenvalue weighted by atomic mass is 10.2. The van der Waals surface area contributed by atoms with Gasteiger partial charge < -0.3 is 9.47 Å². The molecule has 7 heteroatoms. The Morgan fingerprint density at radius 1 is 1.00 bits per heavy atom. The largest absolute Gasteiger partial charge is 0.489 e. The van der Waals surface area contributed by atoms with Crippen molar-refractivity contribution in [3.8, 4) is 5.75 Å². The molecule has 0 atom stereocenters. The summed E-state index contributed by atoms with van der Waals surface area (Å²) in [7, 11) is 0. The van der Waals surface area contributed by atoms with Crippen molar-refractivity contribution < 1.29 is 18.7 Å². The van der Waals surface area contributed by atoms with Crippen molar-refractivity contribution in [3.05, 3.63) is 105 Å². The highest BCUT2D eigenvalue weighted by Gasteiger charge is 2.24. The van der Waals surface area contributed by atoms with Gasteiger partial charge in [0, 0.05) is 21.2 Å². The maximum absolute atomic E-state index is 13.4. The van der Waals surface area contributed by atoms with Crippen molar-refractivity contribution in [2.75, 3.05) is 0 Å². The first-order valence-corrected chi connectivity index (χ1v) is 9.69. The monoisotopic (exact) mass is 441 g/mol. The van der Waals surface area contributed by atoms with Gasteiger partial charge in [-0.25, -0.2) is 14.2 Å². The van der Waals surface area contributed by atoms with Crippen LogP contribution in [0.15, 0.2) is 77.4 Å². The lowest BCUT2D eigenvalue weighted by molar-refractivity contribution is -0.129. The summed E-state index contributed by atoms with van der Waals surface area (Å²) in [5, 5.41) is 1.08. The molecule has 1 aliphatic rings. The number of hydrogen-bond donors (Lipinski definition) is 0. The number of carbonyl (C=O) groups is 1. The predicted octanol–water partition coefficient (Wildman–Crippen LogP) is 6.06. The molecule has 4 rings (SSSR count). The van der Waals surface area contributed by atoms with Gasteiger partial charge in [-0.05, 0) is 54.1 Å². The molecule has 0 unspecified atom stereocenters. The van der Waals surface area contributed by atoms with Gasteiger partial charge in [0.15, 0.2) is 5.70 Å². The van der Waals surface area contributed by atoms with Crippen LogP contribution in [-0.4, -0.2) is 11.9 Å². The van der Waals surface area contributed by atoms with Crippen LogP contribution in [0.1, 0.15) is 16.7 Å². The number of benzene rings is 3. The third-order valence-electron chi connectivity index (χ3n) is 4.32. The molecule has 0 aliphatic carbocycles. The summed E-state index contributed by atoms with van der Waals surface area (Å²) in [4.78, 5) is 16.3. The van der Waals surface area contributed by atoms with E-state index in [1.54, 1.807) is 54.6 Å². The topological polar surface area (TPSA) is 47.9 Å². The van der Waals surface area contributed by atoms with Crippen LogP contribution in [0, 0.1) is 5.82 Å². The SMILES string of the molecule is O=C1OC(c2cccc(F)c2)=N/C1=C\c1ccc(OCc2c(Cl)cccc2Cl)cc1. The van der Waals surface area contributed by atoms with Crippen LogP contribution >= 0.6 is 23.2 Å². The summed E-state index contributed by atoms with van der Waals surface area (Å²) in [5.74, 6) is -0.339. The Labute approximate surface area is 182 Å². The molecule has 0 bridgehead atoms. The number of rotatable bonds is 5. The molecule has 1 aliphatic heterocycles. The van der Waals surface area contributed by atoms with Crippen molar-refractivity contribution in [3.63, 3.8) is 0 Å². The smallest absolute Gasteiger partial charge is 0.363 e. The Hall–Kier alpha value is -3.15. The van der Waals surface area contributed by atoms with Gasteiger partial charge in [-0.2, -0.15) is 0 Å². The highest BCUT2D eigenvalue weighted by atomic mass is 35.5. The zero-order chi connectivity index (χ0) is 21.1. The second-order valence-corrected chi connectivity index (χ2v) is 7.22. The predicted molar refractivity (Wildman–Crippen MR) is 114 cm³/mol. The fraction of sp³-hybridized carbons (Fsp3) is 0.0435. The minimum atomic E-state index is -0.594. The van der Waals surface area contributed by atoms with Gasteiger partial charge in [0.1, 0.15) is 18.2 Å². The van der Waals surface area contributed by atoms with E-state index in [-0.39, 0.29) is 18.2 Å². The van der Waals surface area contributed by atoms with Crippen LogP contribution in [0.5, 0.6) is 5.75 Å². The van der Waals surface area contributed by atoms with Gasteiger partial charge in [-0.3, -0.25) is 0 Å². The van der Waals surface area contributed by atoms with Crippen LogP contribution in [0.3, 0.4) is 0 Å². The van der Waals surface area contributed by atoms with Gasteiger partial charge in [0.05, 0.1) is 0 Å². The average Bonchev–Trinajstić information content (AvgIpc) is 3.09. The standard InChI is InChI=1S/C23H14Cl2FNO3/c24-19-5-2-6-20(25)18(19)13-29-17-9-7-14(8-10-17)11-21-23(28)30-22(27-21)15-3-1-4-16(26)12-15/h1-12H,13H2/b21-11-. The molecule has 150 valence electrons. The molecule has 0 N–H and O–H groups in total. The highest BCUT2D eigenvalue weighted by Crippen LogP contribution is 2.26. The van der Waals surface area contributed by atoms with E-state index in [4.69, 9.17) is 32.7 Å². The Bertz CT molecular complexity index is 1150. The molecular formula is C23H14Cl2FNO3. The maximum Gasteiger partial charge on any atom is 0.363 e. The van der Waals surface area contributed by atoms with Crippen molar-refractivity contribution in [1.29, 1.82) is 0 Å². The van der Waals surface area contributed by atoms with Crippen molar-refractivity contribution in [1.82, 2.24) is 0 Å². The second-order valence-electron chi connectivity index (χ2n) is 6.40. The fourth-order valence-electron chi connectivity index (χ4n) is 2.80. The van der Waals surface area contributed by atoms with Crippen LogP contribution in [0.25, 0.3) is 6.08 Å². The lowest BCUT2D eigenvalue weighted by Crippen LogP contribution is -2.05. The Kier molecular flexibility index (Phi) is 5.84. The third-order valence-corrected chi connectivity index (χ3v) is 5.03. The number of carbonyl (C=O) groups excluding carboxylic acids is 1. The minimum Gasteiger partial charge on any atom is -0.489 e. The molecule has 0 aromatic heterocycles. The van der Waals surface area contributed by atoms with Crippen LogP contribution in [0.4, 0.5) is 4.39 Å². The quantitative estimate of drug-likeness (QED) is 0.357. The van der Waals surface area contributed by atoms with Crippen molar-refractivity contribution in [2.45, 2.75) is 6.61 Å². The van der Waals surface area contributed by atoms with Crippen molar-refractivity contribution in [2.24, 2.45) is 4.99 Å². The molecular weight excluding hydrogens is 428 g/mol. The molecule has 1 heterocycles.